The van der Waals surface area contributed by atoms with Gasteiger partial charge < -0.3 is 4.74 Å². The Morgan fingerprint density at radius 3 is 2.14 bits per heavy atom. The number of ether oxygens (including phenoxy) is 1. The largest absolute Gasteiger partial charge is 0.473 e. The van der Waals surface area contributed by atoms with Gasteiger partial charge in [0, 0.05) is 5.56 Å². The lowest BCUT2D eigenvalue weighted by Crippen LogP contribution is -2.07. The van der Waals surface area contributed by atoms with Gasteiger partial charge in [0.15, 0.2) is 0 Å². The van der Waals surface area contributed by atoms with Gasteiger partial charge in [-0.3, -0.25) is 0 Å². The fourth-order valence-corrected chi connectivity index (χ4v) is 1.91. The third-order valence-electron chi connectivity index (χ3n) is 2.94. The predicted molar refractivity (Wildman–Crippen MR) is 93.6 cm³/mol. The Morgan fingerprint density at radius 1 is 0.955 bits per heavy atom. The third-order valence-corrected chi connectivity index (χ3v) is 2.94. The third kappa shape index (κ3) is 5.57. The molecule has 0 aliphatic carbocycles. The van der Waals surface area contributed by atoms with Crippen LogP contribution in [0.4, 0.5) is 5.69 Å². The highest BCUT2D eigenvalue weighted by atomic mass is 16.5. The van der Waals surface area contributed by atoms with Crippen LogP contribution < -0.4 is 0 Å². The van der Waals surface area contributed by atoms with Crippen molar-refractivity contribution >= 4 is 11.6 Å². The number of hydrogen-bond acceptors (Lipinski definition) is 2. The molecule has 0 saturated carbocycles. The summed E-state index contributed by atoms with van der Waals surface area (Å²) in [6.07, 6.45) is 4.20. The van der Waals surface area contributed by atoms with Gasteiger partial charge in [0.05, 0.1) is 5.69 Å². The van der Waals surface area contributed by atoms with Crippen molar-refractivity contribution in [3.8, 4) is 0 Å². The molecule has 2 aromatic carbocycles. The molecule has 2 heteroatoms. The molecule has 0 aliphatic rings. The van der Waals surface area contributed by atoms with Crippen molar-refractivity contribution in [1.29, 1.82) is 0 Å². The molecule has 0 aromatic heterocycles. The number of nitrogens with zero attached hydrogens (tertiary/aromatic N) is 1. The average Bonchev–Trinajstić information content (AvgIpc) is 2.51. The van der Waals surface area contributed by atoms with E-state index in [4.69, 9.17) is 4.74 Å². The molecule has 0 atom stereocenters. The number of benzene rings is 2. The average molecular weight is 293 g/mol. The maximum Gasteiger partial charge on any atom is 0.221 e. The first-order valence-electron chi connectivity index (χ1n) is 7.54. The molecule has 114 valence electrons. The molecule has 0 unspecified atom stereocenters. The summed E-state index contributed by atoms with van der Waals surface area (Å²) in [5.41, 5.74) is 2.03. The second kappa shape index (κ2) is 7.60. The minimum absolute atomic E-state index is 0.160. The molecule has 0 N–H and O–H groups in total. The Labute approximate surface area is 133 Å². The molecule has 0 amide bonds. The molecular weight excluding hydrogens is 270 g/mol. The smallest absolute Gasteiger partial charge is 0.221 e. The Hall–Kier alpha value is -2.35. The summed E-state index contributed by atoms with van der Waals surface area (Å²) in [6, 6.07) is 19.9. The van der Waals surface area contributed by atoms with E-state index in [-0.39, 0.29) is 5.41 Å². The molecule has 0 bridgehead atoms. The van der Waals surface area contributed by atoms with E-state index >= 15 is 0 Å². The maximum absolute atomic E-state index is 5.89. The van der Waals surface area contributed by atoms with Crippen LogP contribution in [0.15, 0.2) is 77.8 Å². The summed E-state index contributed by atoms with van der Waals surface area (Å²) < 4.78 is 5.89. The lowest BCUT2D eigenvalue weighted by Gasteiger charge is -2.12. The van der Waals surface area contributed by atoms with Gasteiger partial charge in [-0.15, -0.1) is 0 Å². The summed E-state index contributed by atoms with van der Waals surface area (Å²) in [6.45, 7) is 7.01. The number of rotatable bonds is 4. The Kier molecular flexibility index (Phi) is 5.54. The molecule has 0 fully saturated rings. The van der Waals surface area contributed by atoms with Crippen LogP contribution in [-0.2, 0) is 4.74 Å². The molecule has 2 nitrogen and oxygen atoms in total. The van der Waals surface area contributed by atoms with Crippen LogP contribution in [0.5, 0.6) is 0 Å². The van der Waals surface area contributed by atoms with Gasteiger partial charge in [-0.1, -0.05) is 69.3 Å². The second-order valence-corrected chi connectivity index (χ2v) is 6.20. The molecule has 0 saturated heterocycles. The summed E-state index contributed by atoms with van der Waals surface area (Å²) >= 11 is 0. The van der Waals surface area contributed by atoms with Crippen molar-refractivity contribution in [1.82, 2.24) is 0 Å². The zero-order chi connectivity index (χ0) is 15.8. The molecular formula is C20H23NO. The highest BCUT2D eigenvalue weighted by Gasteiger charge is 2.06. The maximum atomic E-state index is 5.89. The van der Waals surface area contributed by atoms with E-state index < -0.39 is 0 Å². The first kappa shape index (κ1) is 16.0. The second-order valence-electron chi connectivity index (χ2n) is 6.20. The first-order valence-corrected chi connectivity index (χ1v) is 7.54. The zero-order valence-corrected chi connectivity index (χ0v) is 13.5. The zero-order valence-electron chi connectivity index (χ0n) is 13.5. The molecule has 0 aliphatic heterocycles. The van der Waals surface area contributed by atoms with E-state index in [2.05, 4.69) is 31.8 Å². The van der Waals surface area contributed by atoms with Gasteiger partial charge in [-0.05, 0) is 29.7 Å². The van der Waals surface area contributed by atoms with Crippen LogP contribution in [0.2, 0.25) is 0 Å². The standard InChI is InChI=1S/C20H23NO/c1-20(2,3)15-10-16-22-19(17-11-6-4-7-12-17)21-18-13-8-5-9-14-18/h4-15H,16H2,1-3H3/b15-10+,21-19?. The number of aliphatic imine (C=N–C) groups is 1. The van der Waals surface area contributed by atoms with Gasteiger partial charge >= 0.3 is 0 Å². The fourth-order valence-electron chi connectivity index (χ4n) is 1.91. The first-order chi connectivity index (χ1) is 10.5. The van der Waals surface area contributed by atoms with Crippen molar-refractivity contribution in [3.63, 3.8) is 0 Å². The van der Waals surface area contributed by atoms with Crippen molar-refractivity contribution < 1.29 is 4.74 Å². The lowest BCUT2D eigenvalue weighted by atomic mass is 9.96. The van der Waals surface area contributed by atoms with Crippen molar-refractivity contribution in [2.45, 2.75) is 20.8 Å². The molecule has 2 aromatic rings. The van der Waals surface area contributed by atoms with Crippen molar-refractivity contribution in [2.75, 3.05) is 6.61 Å². The minimum Gasteiger partial charge on any atom is -0.473 e. The van der Waals surface area contributed by atoms with Gasteiger partial charge in [-0.2, -0.15) is 0 Å². The van der Waals surface area contributed by atoms with E-state index in [1.54, 1.807) is 0 Å². The Balaban J connectivity index is 2.16. The molecule has 22 heavy (non-hydrogen) atoms. The van der Waals surface area contributed by atoms with E-state index in [0.717, 1.165) is 11.3 Å². The van der Waals surface area contributed by atoms with Gasteiger partial charge in [0.1, 0.15) is 6.61 Å². The predicted octanol–water partition coefficient (Wildman–Crippen LogP) is 5.38. The number of allylic oxidation sites excluding steroid dienone is 1. The van der Waals surface area contributed by atoms with Crippen molar-refractivity contribution in [2.24, 2.45) is 10.4 Å². The van der Waals surface area contributed by atoms with Crippen LogP contribution >= 0.6 is 0 Å². The lowest BCUT2D eigenvalue weighted by molar-refractivity contribution is 0.349. The summed E-state index contributed by atoms with van der Waals surface area (Å²) in [7, 11) is 0. The van der Waals surface area contributed by atoms with Crippen molar-refractivity contribution in [3.05, 3.63) is 78.4 Å². The fraction of sp³-hybridized carbons (Fsp3) is 0.250. The molecule has 0 heterocycles. The highest BCUT2D eigenvalue weighted by Crippen LogP contribution is 2.16. The SMILES string of the molecule is CC(C)(C)/C=C/COC(=Nc1ccccc1)c1ccccc1. The monoisotopic (exact) mass is 293 g/mol. The van der Waals surface area contributed by atoms with Gasteiger partial charge in [0.2, 0.25) is 5.90 Å². The van der Waals surface area contributed by atoms with E-state index in [0.29, 0.717) is 12.5 Å². The van der Waals surface area contributed by atoms with Gasteiger partial charge in [0.25, 0.3) is 0 Å². The summed E-state index contributed by atoms with van der Waals surface area (Å²) in [5, 5.41) is 0. The summed E-state index contributed by atoms with van der Waals surface area (Å²) in [4.78, 5) is 4.62. The number of para-hydroxylation sites is 1. The quantitative estimate of drug-likeness (QED) is 0.421. The van der Waals surface area contributed by atoms with E-state index in [1.165, 1.54) is 0 Å². The van der Waals surface area contributed by atoms with Gasteiger partial charge in [-0.25, -0.2) is 4.99 Å². The van der Waals surface area contributed by atoms with Crippen LogP contribution in [0, 0.1) is 5.41 Å². The normalized spacial score (nSPS) is 12.6. The minimum atomic E-state index is 0.160. The molecule has 0 spiro atoms. The van der Waals surface area contributed by atoms with Crippen LogP contribution in [0.3, 0.4) is 0 Å². The van der Waals surface area contributed by atoms with E-state index in [1.807, 2.05) is 66.7 Å². The molecule has 2 rings (SSSR count). The topological polar surface area (TPSA) is 21.6 Å². The number of hydrogen-bond donors (Lipinski definition) is 0. The van der Waals surface area contributed by atoms with Crippen LogP contribution in [-0.4, -0.2) is 12.5 Å². The summed E-state index contributed by atoms with van der Waals surface area (Å²) in [5.74, 6) is 0.644. The molecule has 0 radical (unpaired) electrons. The van der Waals surface area contributed by atoms with E-state index in [9.17, 15) is 0 Å². The van der Waals surface area contributed by atoms with Crippen LogP contribution in [0.1, 0.15) is 26.3 Å². The highest BCUT2D eigenvalue weighted by molar-refractivity contribution is 5.95. The Morgan fingerprint density at radius 2 is 1.55 bits per heavy atom. The Bertz CT molecular complexity index is 622. The van der Waals surface area contributed by atoms with Crippen LogP contribution in [0.25, 0.3) is 0 Å².